The van der Waals surface area contributed by atoms with Crippen LogP contribution < -0.4 is 6.15 Å². The van der Waals surface area contributed by atoms with Crippen molar-refractivity contribution in [2.24, 2.45) is 0 Å². The second kappa shape index (κ2) is 8.28. The molecule has 0 saturated heterocycles. The van der Waals surface area contributed by atoms with Crippen molar-refractivity contribution >= 4 is 23.9 Å². The molecule has 0 aromatic heterocycles. The summed E-state index contributed by atoms with van der Waals surface area (Å²) in [6.45, 7) is 1.96. The van der Waals surface area contributed by atoms with Crippen molar-refractivity contribution in [1.82, 2.24) is 6.15 Å². The Morgan fingerprint density at radius 3 is 2.18 bits per heavy atom. The van der Waals surface area contributed by atoms with Gasteiger partial charge in [-0.3, -0.25) is 4.55 Å². The molecule has 5 nitrogen and oxygen atoms in total. The smallest absolute Gasteiger partial charge is 0.344 e. The van der Waals surface area contributed by atoms with Crippen LogP contribution >= 0.6 is 13.5 Å². The lowest BCUT2D eigenvalue weighted by Crippen LogP contribution is -2.04. The van der Waals surface area contributed by atoms with E-state index in [2.05, 4.69) is 4.18 Å². The normalized spacial score (nSPS) is 9.64. The Balaban J connectivity index is -0.000000320. The predicted octanol–water partition coefficient (Wildman–Crippen LogP) is 0.881. The summed E-state index contributed by atoms with van der Waals surface area (Å²) in [6, 6.07) is 0. The van der Waals surface area contributed by atoms with E-state index in [1.807, 2.05) is 6.92 Å². The fraction of sp³-hybridized carbons (Fsp3) is 1.00. The van der Waals surface area contributed by atoms with Crippen LogP contribution in [0.2, 0.25) is 0 Å². The van der Waals surface area contributed by atoms with E-state index in [4.69, 9.17) is 4.55 Å². The van der Waals surface area contributed by atoms with E-state index in [-0.39, 0.29) is 26.3 Å². The zero-order valence-electron chi connectivity index (χ0n) is 6.41. The van der Waals surface area contributed by atoms with Gasteiger partial charge in [-0.2, -0.15) is 21.9 Å². The summed E-state index contributed by atoms with van der Waals surface area (Å²) in [6.07, 6.45) is 1.48. The molecule has 0 spiro atoms. The highest BCUT2D eigenvalue weighted by atomic mass is 32.3. The Labute approximate surface area is 74.1 Å². The van der Waals surface area contributed by atoms with Gasteiger partial charge in [-0.1, -0.05) is 13.3 Å². The predicted molar refractivity (Wildman–Crippen MR) is 47.8 cm³/mol. The Bertz CT molecular complexity index is 155. The maximum absolute atomic E-state index is 9.84. The highest BCUT2D eigenvalue weighted by Gasteiger charge is 2.00. The Hall–Kier alpha value is 0.180. The molecule has 0 atom stereocenters. The van der Waals surface area contributed by atoms with Gasteiger partial charge in [0.2, 0.25) is 0 Å². The Morgan fingerprint density at radius 2 is 1.91 bits per heavy atom. The molecule has 4 N–H and O–H groups in total. The van der Waals surface area contributed by atoms with Crippen LogP contribution in [0, 0.1) is 0 Å². The summed E-state index contributed by atoms with van der Waals surface area (Å²) in [5.74, 6) is 0. The van der Waals surface area contributed by atoms with Crippen LogP contribution in [0.1, 0.15) is 19.8 Å². The van der Waals surface area contributed by atoms with Crippen molar-refractivity contribution in [3.05, 3.63) is 0 Å². The van der Waals surface area contributed by atoms with Gasteiger partial charge in [0.05, 0.1) is 6.61 Å². The molecule has 0 aromatic carbocycles. The van der Waals surface area contributed by atoms with Gasteiger partial charge in [-0.05, 0) is 6.42 Å². The minimum atomic E-state index is -4.20. The molecule has 0 bridgehead atoms. The van der Waals surface area contributed by atoms with Gasteiger partial charge >= 0.3 is 10.4 Å². The van der Waals surface area contributed by atoms with E-state index >= 15 is 0 Å². The summed E-state index contributed by atoms with van der Waals surface area (Å²) >= 11 is 0. The van der Waals surface area contributed by atoms with Crippen LogP contribution in [-0.2, 0) is 14.6 Å². The molecule has 0 aliphatic carbocycles. The summed E-state index contributed by atoms with van der Waals surface area (Å²) in [5, 5.41) is 0. The molecule has 0 unspecified atom stereocenters. The number of hydrogen-bond donors (Lipinski definition) is 2. The first-order valence-corrected chi connectivity index (χ1v) is 4.04. The van der Waals surface area contributed by atoms with Crippen molar-refractivity contribution in [1.29, 1.82) is 0 Å². The largest absolute Gasteiger partial charge is 0.397 e. The fourth-order valence-corrected chi connectivity index (χ4v) is 0.637. The monoisotopic (exact) mass is 205 g/mol. The average molecular weight is 205 g/mol. The first kappa shape index (κ1) is 17.3. The molecule has 0 amide bonds. The van der Waals surface area contributed by atoms with Gasteiger partial charge in [0.25, 0.3) is 0 Å². The molecule has 7 heteroatoms. The van der Waals surface area contributed by atoms with Crippen molar-refractivity contribution in [2.75, 3.05) is 6.61 Å². The fourth-order valence-electron chi connectivity index (χ4n) is 0.309. The highest BCUT2D eigenvalue weighted by Crippen LogP contribution is 1.91. The van der Waals surface area contributed by atoms with Crippen LogP contribution in [-0.4, -0.2) is 19.6 Å². The third kappa shape index (κ3) is 17.8. The number of hydrogen-bond acceptors (Lipinski definition) is 4. The molecule has 0 fully saturated rings. The first-order valence-electron chi connectivity index (χ1n) is 2.68. The lowest BCUT2D eigenvalue weighted by molar-refractivity contribution is 0.264. The molecule has 0 rings (SSSR count). The van der Waals surface area contributed by atoms with Gasteiger partial charge in [-0.15, -0.1) is 0 Å². The molecule has 0 heterocycles. The van der Waals surface area contributed by atoms with Crippen molar-refractivity contribution in [2.45, 2.75) is 19.8 Å². The third-order valence-corrected chi connectivity index (χ3v) is 1.19. The van der Waals surface area contributed by atoms with E-state index in [0.717, 1.165) is 6.42 Å². The Kier molecular flexibility index (Phi) is 13.0. The average Bonchev–Trinajstić information content (AvgIpc) is 1.63. The molecule has 0 radical (unpaired) electrons. The molecule has 0 aliphatic rings. The van der Waals surface area contributed by atoms with E-state index in [1.165, 1.54) is 0 Å². The van der Waals surface area contributed by atoms with Gasteiger partial charge in [-0.25, -0.2) is 4.18 Å². The quantitative estimate of drug-likeness (QED) is 0.524. The zero-order valence-corrected chi connectivity index (χ0v) is 8.23. The summed E-state index contributed by atoms with van der Waals surface area (Å²) in [7, 11) is -4.20. The molecule has 0 aromatic rings. The van der Waals surface area contributed by atoms with E-state index in [1.54, 1.807) is 0 Å². The zero-order chi connectivity index (χ0) is 7.33. The second-order valence-corrected chi connectivity index (χ2v) is 2.69. The van der Waals surface area contributed by atoms with Gasteiger partial charge in [0.1, 0.15) is 0 Å². The van der Waals surface area contributed by atoms with Gasteiger partial charge < -0.3 is 6.15 Å². The minimum Gasteiger partial charge on any atom is -0.344 e. The van der Waals surface area contributed by atoms with Crippen LogP contribution in [0.15, 0.2) is 0 Å². The Morgan fingerprint density at radius 1 is 1.45 bits per heavy atom. The maximum Gasteiger partial charge on any atom is 0.397 e. The van der Waals surface area contributed by atoms with Gasteiger partial charge in [0, 0.05) is 0 Å². The van der Waals surface area contributed by atoms with Crippen LogP contribution in [0.5, 0.6) is 0 Å². The standard InChI is InChI=1S/C4H10O4S.H3N.H2S/c1-2-3-4-8-9(5,6)7;;/h2-4H2,1H3,(H,5,6,7);1H3;1H2. The van der Waals surface area contributed by atoms with Crippen LogP contribution in [0.3, 0.4) is 0 Å². The first-order chi connectivity index (χ1) is 4.06. The van der Waals surface area contributed by atoms with Crippen LogP contribution in [0.25, 0.3) is 0 Å². The molecule has 11 heavy (non-hydrogen) atoms. The van der Waals surface area contributed by atoms with Crippen molar-refractivity contribution in [3.63, 3.8) is 0 Å². The molecule has 0 aliphatic heterocycles. The lowest BCUT2D eigenvalue weighted by atomic mass is 10.4. The second-order valence-electron chi connectivity index (χ2n) is 1.60. The topological polar surface area (TPSA) is 98.6 Å². The maximum atomic E-state index is 9.84. The number of rotatable bonds is 4. The molecule has 72 valence electrons. The lowest BCUT2D eigenvalue weighted by Gasteiger charge is -1.95. The van der Waals surface area contributed by atoms with Gasteiger partial charge in [0.15, 0.2) is 0 Å². The molecule has 0 saturated carbocycles. The van der Waals surface area contributed by atoms with E-state index < -0.39 is 10.4 Å². The summed E-state index contributed by atoms with van der Waals surface area (Å²) < 4.78 is 31.7. The molecular weight excluding hydrogens is 190 g/mol. The van der Waals surface area contributed by atoms with Crippen molar-refractivity contribution in [3.8, 4) is 0 Å². The van der Waals surface area contributed by atoms with Crippen LogP contribution in [0.4, 0.5) is 0 Å². The van der Waals surface area contributed by atoms with E-state index in [9.17, 15) is 8.42 Å². The van der Waals surface area contributed by atoms with E-state index in [0.29, 0.717) is 6.42 Å². The molecular formula is C4H15NO4S2. The third-order valence-electron chi connectivity index (χ3n) is 0.730. The number of unbranched alkanes of at least 4 members (excludes halogenated alkanes) is 1. The summed E-state index contributed by atoms with van der Waals surface area (Å²) in [4.78, 5) is 0. The highest BCUT2D eigenvalue weighted by molar-refractivity contribution is 7.80. The SMILES string of the molecule is CCCCOS(=O)(=O)O.N.S. The summed E-state index contributed by atoms with van der Waals surface area (Å²) in [5.41, 5.74) is 0. The minimum absolute atomic E-state index is 0. The van der Waals surface area contributed by atoms with Crippen molar-refractivity contribution < 1.29 is 17.2 Å².